The third-order valence-corrected chi connectivity index (χ3v) is 4.13. The molecule has 0 fully saturated rings. The summed E-state index contributed by atoms with van der Waals surface area (Å²) in [7, 11) is 0. The molecule has 0 atom stereocenters. The summed E-state index contributed by atoms with van der Waals surface area (Å²) in [5, 5.41) is 6.79. The normalized spacial score (nSPS) is 11.1. The molecule has 0 aliphatic heterocycles. The fourth-order valence-corrected chi connectivity index (χ4v) is 2.72. The zero-order valence-corrected chi connectivity index (χ0v) is 14.7. The lowest BCUT2D eigenvalue weighted by Crippen LogP contribution is -2.28. The van der Waals surface area contributed by atoms with Crippen molar-refractivity contribution < 1.29 is 0 Å². The van der Waals surface area contributed by atoms with Crippen LogP contribution in [0.15, 0.2) is 72.9 Å². The summed E-state index contributed by atoms with van der Waals surface area (Å²) in [4.78, 5) is 8.89. The standard InChI is InChI=1S/C21H24N4/c1-21(2,18-11-7-4-8-12-18)25-19-14-16-23-20(24-19)22-15-13-17-9-5-3-6-10-17/h3-12,14,16H,13,15H2,1-2H3,(H2,22,23,24,25). The highest BCUT2D eigenvalue weighted by Crippen LogP contribution is 2.24. The number of benzene rings is 2. The molecule has 4 heteroatoms. The van der Waals surface area contributed by atoms with E-state index in [1.165, 1.54) is 11.1 Å². The van der Waals surface area contributed by atoms with Gasteiger partial charge in [0.2, 0.25) is 5.95 Å². The number of hydrogen-bond donors (Lipinski definition) is 2. The molecule has 4 nitrogen and oxygen atoms in total. The number of aromatic nitrogens is 2. The highest BCUT2D eigenvalue weighted by atomic mass is 15.1. The summed E-state index contributed by atoms with van der Waals surface area (Å²) < 4.78 is 0. The molecule has 128 valence electrons. The van der Waals surface area contributed by atoms with Crippen molar-refractivity contribution in [1.82, 2.24) is 9.97 Å². The molecular weight excluding hydrogens is 308 g/mol. The molecule has 0 bridgehead atoms. The first-order chi connectivity index (χ1) is 12.1. The Morgan fingerprint density at radius 2 is 1.56 bits per heavy atom. The molecule has 0 aliphatic rings. The lowest BCUT2D eigenvalue weighted by atomic mass is 9.94. The SMILES string of the molecule is CC(C)(Nc1ccnc(NCCc2ccccc2)n1)c1ccccc1. The Balaban J connectivity index is 1.61. The van der Waals surface area contributed by atoms with Gasteiger partial charge in [0, 0.05) is 12.7 Å². The van der Waals surface area contributed by atoms with Crippen LogP contribution in [-0.2, 0) is 12.0 Å². The quantitative estimate of drug-likeness (QED) is 0.670. The maximum absolute atomic E-state index is 4.58. The van der Waals surface area contributed by atoms with Crippen LogP contribution in [0, 0.1) is 0 Å². The average molecular weight is 332 g/mol. The van der Waals surface area contributed by atoms with Crippen molar-refractivity contribution in [2.45, 2.75) is 25.8 Å². The molecule has 0 amide bonds. The van der Waals surface area contributed by atoms with Gasteiger partial charge in [0.05, 0.1) is 5.54 Å². The average Bonchev–Trinajstić information content (AvgIpc) is 2.63. The summed E-state index contributed by atoms with van der Waals surface area (Å²) in [5.74, 6) is 1.45. The van der Waals surface area contributed by atoms with Crippen LogP contribution >= 0.6 is 0 Å². The number of anilines is 2. The van der Waals surface area contributed by atoms with Crippen LogP contribution in [0.4, 0.5) is 11.8 Å². The summed E-state index contributed by atoms with van der Waals surface area (Å²) in [6, 6.07) is 22.7. The van der Waals surface area contributed by atoms with Crippen LogP contribution in [0.25, 0.3) is 0 Å². The van der Waals surface area contributed by atoms with Crippen LogP contribution in [0.3, 0.4) is 0 Å². The van der Waals surface area contributed by atoms with E-state index < -0.39 is 0 Å². The highest BCUT2D eigenvalue weighted by Gasteiger charge is 2.20. The minimum atomic E-state index is -0.211. The number of hydrogen-bond acceptors (Lipinski definition) is 4. The zero-order chi connectivity index (χ0) is 17.5. The first-order valence-electron chi connectivity index (χ1n) is 8.58. The summed E-state index contributed by atoms with van der Waals surface area (Å²) >= 11 is 0. The van der Waals surface area contributed by atoms with E-state index in [1.54, 1.807) is 6.20 Å². The van der Waals surface area contributed by atoms with E-state index in [-0.39, 0.29) is 5.54 Å². The Morgan fingerprint density at radius 3 is 2.28 bits per heavy atom. The van der Waals surface area contributed by atoms with Gasteiger partial charge in [0.25, 0.3) is 0 Å². The van der Waals surface area contributed by atoms with Gasteiger partial charge in [0.1, 0.15) is 5.82 Å². The van der Waals surface area contributed by atoms with Crippen LogP contribution in [0.5, 0.6) is 0 Å². The summed E-state index contributed by atoms with van der Waals surface area (Å²) in [5.41, 5.74) is 2.30. The van der Waals surface area contributed by atoms with Crippen molar-refractivity contribution in [3.05, 3.63) is 84.1 Å². The van der Waals surface area contributed by atoms with Gasteiger partial charge in [-0.15, -0.1) is 0 Å². The molecule has 1 heterocycles. The third kappa shape index (κ3) is 4.80. The lowest BCUT2D eigenvalue weighted by Gasteiger charge is -2.27. The maximum atomic E-state index is 4.58. The molecule has 0 aliphatic carbocycles. The van der Waals surface area contributed by atoms with Gasteiger partial charge in [-0.3, -0.25) is 0 Å². The van der Waals surface area contributed by atoms with E-state index in [0.29, 0.717) is 5.95 Å². The fourth-order valence-electron chi connectivity index (χ4n) is 2.72. The molecule has 25 heavy (non-hydrogen) atoms. The molecule has 3 rings (SSSR count). The first-order valence-corrected chi connectivity index (χ1v) is 8.58. The van der Waals surface area contributed by atoms with Crippen molar-refractivity contribution >= 4 is 11.8 Å². The minimum Gasteiger partial charge on any atom is -0.361 e. The molecular formula is C21H24N4. The van der Waals surface area contributed by atoms with E-state index in [2.05, 4.69) is 83.0 Å². The number of nitrogens with one attached hydrogen (secondary N) is 2. The van der Waals surface area contributed by atoms with Crippen molar-refractivity contribution in [2.75, 3.05) is 17.2 Å². The van der Waals surface area contributed by atoms with Crippen LogP contribution in [0.2, 0.25) is 0 Å². The van der Waals surface area contributed by atoms with Gasteiger partial charge in [-0.1, -0.05) is 60.7 Å². The molecule has 2 aromatic carbocycles. The van der Waals surface area contributed by atoms with Crippen LogP contribution in [0.1, 0.15) is 25.0 Å². The number of rotatable bonds is 7. The van der Waals surface area contributed by atoms with Crippen LogP contribution < -0.4 is 10.6 Å². The monoisotopic (exact) mass is 332 g/mol. The van der Waals surface area contributed by atoms with Gasteiger partial charge < -0.3 is 10.6 Å². The highest BCUT2D eigenvalue weighted by molar-refractivity contribution is 5.44. The smallest absolute Gasteiger partial charge is 0.224 e. The summed E-state index contributed by atoms with van der Waals surface area (Å²) in [6.07, 6.45) is 2.72. The number of nitrogens with zero attached hydrogens (tertiary/aromatic N) is 2. The lowest BCUT2D eigenvalue weighted by molar-refractivity contribution is 0.606. The zero-order valence-electron chi connectivity index (χ0n) is 14.7. The second-order valence-electron chi connectivity index (χ2n) is 6.54. The van der Waals surface area contributed by atoms with Crippen molar-refractivity contribution in [1.29, 1.82) is 0 Å². The van der Waals surface area contributed by atoms with E-state index in [9.17, 15) is 0 Å². The summed E-state index contributed by atoms with van der Waals surface area (Å²) in [6.45, 7) is 5.09. The van der Waals surface area contributed by atoms with Crippen molar-refractivity contribution in [3.8, 4) is 0 Å². The second-order valence-corrected chi connectivity index (χ2v) is 6.54. The molecule has 0 saturated heterocycles. The van der Waals surface area contributed by atoms with Gasteiger partial charge in [-0.25, -0.2) is 4.98 Å². The van der Waals surface area contributed by atoms with Crippen molar-refractivity contribution in [2.24, 2.45) is 0 Å². The molecule has 0 radical (unpaired) electrons. The van der Waals surface area contributed by atoms with Gasteiger partial charge in [0.15, 0.2) is 0 Å². The van der Waals surface area contributed by atoms with E-state index >= 15 is 0 Å². The van der Waals surface area contributed by atoms with Crippen molar-refractivity contribution in [3.63, 3.8) is 0 Å². The molecule has 2 N–H and O–H groups in total. The second kappa shape index (κ2) is 7.79. The molecule has 1 aromatic heterocycles. The third-order valence-electron chi connectivity index (χ3n) is 4.13. The first kappa shape index (κ1) is 17.0. The van der Waals surface area contributed by atoms with E-state index in [0.717, 1.165) is 18.8 Å². The minimum absolute atomic E-state index is 0.211. The van der Waals surface area contributed by atoms with Gasteiger partial charge in [-0.05, 0) is 37.5 Å². The Kier molecular flexibility index (Phi) is 5.29. The van der Waals surface area contributed by atoms with Gasteiger partial charge >= 0.3 is 0 Å². The van der Waals surface area contributed by atoms with E-state index in [4.69, 9.17) is 0 Å². The Hall–Kier alpha value is -2.88. The molecule has 0 saturated carbocycles. The van der Waals surface area contributed by atoms with E-state index in [1.807, 2.05) is 18.2 Å². The van der Waals surface area contributed by atoms with Crippen LogP contribution in [-0.4, -0.2) is 16.5 Å². The predicted octanol–water partition coefficient (Wildman–Crippen LogP) is 4.48. The largest absolute Gasteiger partial charge is 0.361 e. The topological polar surface area (TPSA) is 49.8 Å². The predicted molar refractivity (Wildman–Crippen MR) is 104 cm³/mol. The van der Waals surface area contributed by atoms with Gasteiger partial charge in [-0.2, -0.15) is 4.98 Å². The molecule has 3 aromatic rings. The Morgan fingerprint density at radius 1 is 0.880 bits per heavy atom. The maximum Gasteiger partial charge on any atom is 0.224 e. The molecule has 0 unspecified atom stereocenters. The Bertz CT molecular complexity index is 785. The molecule has 0 spiro atoms. The fraction of sp³-hybridized carbons (Fsp3) is 0.238. The Labute approximate surface area is 149 Å².